The van der Waals surface area contributed by atoms with Crippen molar-refractivity contribution in [2.75, 3.05) is 18.5 Å². The van der Waals surface area contributed by atoms with Crippen molar-refractivity contribution >= 4 is 11.6 Å². The van der Waals surface area contributed by atoms with E-state index in [1.165, 1.54) is 0 Å². The van der Waals surface area contributed by atoms with Gasteiger partial charge in [-0.25, -0.2) is 9.97 Å². The van der Waals surface area contributed by atoms with Gasteiger partial charge in [0, 0.05) is 37.2 Å². The fourth-order valence-electron chi connectivity index (χ4n) is 1.88. The molecule has 0 saturated carbocycles. The number of nitrogens with zero attached hydrogens (tertiary/aromatic N) is 3. The predicted molar refractivity (Wildman–Crippen MR) is 83.1 cm³/mol. The average molecular weight is 270 g/mol. The number of hydrogen-bond donors (Lipinski definition) is 1. The molecule has 0 fully saturated rings. The predicted octanol–water partition coefficient (Wildman–Crippen LogP) is 2.99. The first-order valence-corrected chi connectivity index (χ1v) is 6.97. The number of benzene rings is 1. The van der Waals surface area contributed by atoms with Gasteiger partial charge in [-0.3, -0.25) is 0 Å². The van der Waals surface area contributed by atoms with Crippen LogP contribution >= 0.6 is 0 Å². The largest absolute Gasteiger partial charge is 0.314 e. The van der Waals surface area contributed by atoms with Gasteiger partial charge in [0.15, 0.2) is 0 Å². The van der Waals surface area contributed by atoms with E-state index in [1.807, 2.05) is 54.7 Å². The van der Waals surface area contributed by atoms with E-state index in [2.05, 4.69) is 29.1 Å². The molecule has 0 amide bonds. The van der Waals surface area contributed by atoms with Gasteiger partial charge in [-0.2, -0.15) is 0 Å². The van der Waals surface area contributed by atoms with Crippen molar-refractivity contribution in [3.05, 3.63) is 48.3 Å². The molecular weight excluding hydrogens is 248 g/mol. The van der Waals surface area contributed by atoms with Crippen LogP contribution in [0.3, 0.4) is 0 Å². The zero-order chi connectivity index (χ0) is 14.4. The third kappa shape index (κ3) is 4.03. The smallest absolute Gasteiger partial charge is 0.229 e. The van der Waals surface area contributed by atoms with Crippen LogP contribution in [0.5, 0.6) is 0 Å². The van der Waals surface area contributed by atoms with Crippen molar-refractivity contribution < 1.29 is 0 Å². The van der Waals surface area contributed by atoms with E-state index >= 15 is 0 Å². The van der Waals surface area contributed by atoms with E-state index in [0.717, 1.165) is 24.3 Å². The number of para-hydroxylation sites is 1. The maximum absolute atomic E-state index is 4.43. The third-order valence-electron chi connectivity index (χ3n) is 3.02. The lowest BCUT2D eigenvalue weighted by Gasteiger charge is -2.17. The summed E-state index contributed by atoms with van der Waals surface area (Å²) in [6.45, 7) is 6.21. The maximum atomic E-state index is 4.43. The molecule has 4 nitrogen and oxygen atoms in total. The first-order valence-electron chi connectivity index (χ1n) is 6.97. The monoisotopic (exact) mass is 270 g/mol. The molecular formula is C16H22N4. The quantitative estimate of drug-likeness (QED) is 0.876. The first kappa shape index (κ1) is 14.5. The van der Waals surface area contributed by atoms with Gasteiger partial charge in [-0.1, -0.05) is 32.0 Å². The van der Waals surface area contributed by atoms with Crippen molar-refractivity contribution in [2.24, 2.45) is 5.92 Å². The summed E-state index contributed by atoms with van der Waals surface area (Å²) < 4.78 is 0. The fraction of sp³-hybridized carbons (Fsp3) is 0.375. The molecule has 1 heterocycles. The van der Waals surface area contributed by atoms with Crippen molar-refractivity contribution in [3.8, 4) is 0 Å². The van der Waals surface area contributed by atoms with Crippen LogP contribution in [0.2, 0.25) is 0 Å². The van der Waals surface area contributed by atoms with Gasteiger partial charge in [0.2, 0.25) is 5.95 Å². The summed E-state index contributed by atoms with van der Waals surface area (Å²) in [5, 5.41) is 3.39. The molecule has 2 rings (SSSR count). The molecule has 0 radical (unpaired) electrons. The molecule has 2 aromatic rings. The molecule has 1 N–H and O–H groups in total. The summed E-state index contributed by atoms with van der Waals surface area (Å²) in [5.41, 5.74) is 2.19. The van der Waals surface area contributed by atoms with E-state index in [4.69, 9.17) is 0 Å². The van der Waals surface area contributed by atoms with Gasteiger partial charge >= 0.3 is 0 Å². The van der Waals surface area contributed by atoms with Gasteiger partial charge in [-0.15, -0.1) is 0 Å². The molecule has 1 aromatic carbocycles. The Kier molecular flexibility index (Phi) is 5.07. The van der Waals surface area contributed by atoms with Crippen LogP contribution in [-0.4, -0.2) is 23.6 Å². The Hall–Kier alpha value is -1.94. The molecule has 0 atom stereocenters. The number of aromatic nitrogens is 2. The Morgan fingerprint density at radius 3 is 2.35 bits per heavy atom. The molecule has 0 saturated heterocycles. The van der Waals surface area contributed by atoms with Crippen LogP contribution in [0.25, 0.3) is 0 Å². The van der Waals surface area contributed by atoms with Gasteiger partial charge in [0.25, 0.3) is 0 Å². The second-order valence-electron chi connectivity index (χ2n) is 5.31. The number of nitrogens with one attached hydrogen (secondary N) is 1. The highest BCUT2D eigenvalue weighted by atomic mass is 15.2. The Morgan fingerprint density at radius 2 is 1.75 bits per heavy atom. The van der Waals surface area contributed by atoms with Crippen LogP contribution in [0.1, 0.15) is 19.4 Å². The summed E-state index contributed by atoms with van der Waals surface area (Å²) in [5.74, 6) is 1.36. The summed E-state index contributed by atoms with van der Waals surface area (Å²) in [7, 11) is 1.97. The molecule has 106 valence electrons. The van der Waals surface area contributed by atoms with Crippen molar-refractivity contribution in [1.29, 1.82) is 0 Å². The number of hydrogen-bond acceptors (Lipinski definition) is 4. The Bertz CT molecular complexity index is 508. The standard InChI is InChI=1S/C16H22N4/c1-13(2)9-17-10-14-11-18-16(19-12-14)20(3)15-7-5-4-6-8-15/h4-8,11-13,17H,9-10H2,1-3H3. The van der Waals surface area contributed by atoms with E-state index in [1.54, 1.807) is 0 Å². The lowest BCUT2D eigenvalue weighted by Crippen LogP contribution is -2.19. The second kappa shape index (κ2) is 7.01. The maximum Gasteiger partial charge on any atom is 0.229 e. The van der Waals surface area contributed by atoms with E-state index < -0.39 is 0 Å². The van der Waals surface area contributed by atoms with Crippen LogP contribution in [0.15, 0.2) is 42.7 Å². The fourth-order valence-corrected chi connectivity index (χ4v) is 1.88. The molecule has 0 spiro atoms. The highest BCUT2D eigenvalue weighted by molar-refractivity contribution is 5.55. The topological polar surface area (TPSA) is 41.1 Å². The zero-order valence-corrected chi connectivity index (χ0v) is 12.4. The van der Waals surface area contributed by atoms with Crippen molar-refractivity contribution in [3.63, 3.8) is 0 Å². The van der Waals surface area contributed by atoms with Crippen LogP contribution in [0.4, 0.5) is 11.6 Å². The lowest BCUT2D eigenvalue weighted by molar-refractivity contribution is 0.551. The van der Waals surface area contributed by atoms with Crippen molar-refractivity contribution in [2.45, 2.75) is 20.4 Å². The molecule has 4 heteroatoms. The third-order valence-corrected chi connectivity index (χ3v) is 3.02. The minimum atomic E-state index is 0.652. The summed E-state index contributed by atoms with van der Waals surface area (Å²) in [6, 6.07) is 10.1. The highest BCUT2D eigenvalue weighted by Crippen LogP contribution is 2.18. The Morgan fingerprint density at radius 1 is 1.10 bits per heavy atom. The number of anilines is 2. The van der Waals surface area contributed by atoms with Crippen LogP contribution < -0.4 is 10.2 Å². The molecule has 0 aliphatic heterocycles. The van der Waals surface area contributed by atoms with Crippen molar-refractivity contribution in [1.82, 2.24) is 15.3 Å². The number of rotatable bonds is 6. The molecule has 0 aliphatic carbocycles. The van der Waals surface area contributed by atoms with E-state index in [0.29, 0.717) is 11.9 Å². The summed E-state index contributed by atoms with van der Waals surface area (Å²) >= 11 is 0. The summed E-state index contributed by atoms with van der Waals surface area (Å²) in [6.07, 6.45) is 3.77. The minimum Gasteiger partial charge on any atom is -0.314 e. The van der Waals surface area contributed by atoms with Gasteiger partial charge in [-0.05, 0) is 24.6 Å². The molecule has 1 aromatic heterocycles. The SMILES string of the molecule is CC(C)CNCc1cnc(N(C)c2ccccc2)nc1. The van der Waals surface area contributed by atoms with Gasteiger partial charge in [0.1, 0.15) is 0 Å². The lowest BCUT2D eigenvalue weighted by atomic mass is 10.2. The van der Waals surface area contributed by atoms with Crippen LogP contribution in [0, 0.1) is 5.92 Å². The van der Waals surface area contributed by atoms with Crippen LogP contribution in [-0.2, 0) is 6.54 Å². The molecule has 20 heavy (non-hydrogen) atoms. The first-order chi connectivity index (χ1) is 9.66. The normalized spacial score (nSPS) is 10.8. The zero-order valence-electron chi connectivity index (χ0n) is 12.4. The van der Waals surface area contributed by atoms with Gasteiger partial charge < -0.3 is 10.2 Å². The van der Waals surface area contributed by atoms with Gasteiger partial charge in [0.05, 0.1) is 0 Å². The molecule has 0 bridgehead atoms. The van der Waals surface area contributed by atoms with E-state index in [9.17, 15) is 0 Å². The molecule has 0 aliphatic rings. The summed E-state index contributed by atoms with van der Waals surface area (Å²) in [4.78, 5) is 10.8. The highest BCUT2D eigenvalue weighted by Gasteiger charge is 2.06. The second-order valence-corrected chi connectivity index (χ2v) is 5.31. The molecule has 0 unspecified atom stereocenters. The average Bonchev–Trinajstić information content (AvgIpc) is 2.48. The Balaban J connectivity index is 1.97. The Labute approximate surface area is 120 Å². The van der Waals surface area contributed by atoms with E-state index in [-0.39, 0.29) is 0 Å². The minimum absolute atomic E-state index is 0.652.